The van der Waals surface area contributed by atoms with Gasteiger partial charge in [0.1, 0.15) is 5.75 Å². The van der Waals surface area contributed by atoms with E-state index in [0.717, 1.165) is 11.4 Å². The maximum absolute atomic E-state index is 11.8. The van der Waals surface area contributed by atoms with E-state index in [2.05, 4.69) is 10.4 Å². The van der Waals surface area contributed by atoms with Gasteiger partial charge < -0.3 is 15.2 Å². The van der Waals surface area contributed by atoms with Gasteiger partial charge in [-0.2, -0.15) is 5.10 Å². The molecule has 1 aromatic heterocycles. The van der Waals surface area contributed by atoms with Crippen molar-refractivity contribution in [2.24, 2.45) is 11.8 Å². The monoisotopic (exact) mass is 315 g/mol. The maximum atomic E-state index is 11.8. The van der Waals surface area contributed by atoms with Crippen LogP contribution in [0.15, 0.2) is 36.5 Å². The fraction of sp³-hybridized carbons (Fsp3) is 0.312. The number of nitrogens with one attached hydrogen (secondary N) is 1. The Hall–Kier alpha value is -2.83. The van der Waals surface area contributed by atoms with Gasteiger partial charge in [0.25, 0.3) is 0 Å². The van der Waals surface area contributed by atoms with E-state index in [1.54, 1.807) is 18.0 Å². The Morgan fingerprint density at radius 2 is 2.04 bits per heavy atom. The van der Waals surface area contributed by atoms with Crippen LogP contribution in [0.5, 0.6) is 5.75 Å². The van der Waals surface area contributed by atoms with Gasteiger partial charge in [0, 0.05) is 6.20 Å². The van der Waals surface area contributed by atoms with Crippen molar-refractivity contribution in [3.63, 3.8) is 0 Å². The number of aliphatic carboxylic acids is 1. The lowest BCUT2D eigenvalue weighted by molar-refractivity contribution is -0.140. The molecule has 2 aromatic rings. The Morgan fingerprint density at radius 1 is 1.30 bits per heavy atom. The van der Waals surface area contributed by atoms with Gasteiger partial charge >= 0.3 is 5.97 Å². The van der Waals surface area contributed by atoms with E-state index in [1.165, 1.54) is 0 Å². The fourth-order valence-corrected chi connectivity index (χ4v) is 2.40. The van der Waals surface area contributed by atoms with E-state index in [0.29, 0.717) is 12.1 Å². The number of carbonyl (C=O) groups excluding carboxylic acids is 1. The number of hydrogen-bond donors (Lipinski definition) is 2. The summed E-state index contributed by atoms with van der Waals surface area (Å²) in [6.07, 6.45) is 2.22. The summed E-state index contributed by atoms with van der Waals surface area (Å²) >= 11 is 0. The minimum Gasteiger partial charge on any atom is -0.497 e. The lowest BCUT2D eigenvalue weighted by Crippen LogP contribution is -2.26. The lowest BCUT2D eigenvalue weighted by Gasteiger charge is -2.04. The summed E-state index contributed by atoms with van der Waals surface area (Å²) in [4.78, 5) is 22.6. The van der Waals surface area contributed by atoms with Crippen LogP contribution in [0, 0.1) is 11.8 Å². The van der Waals surface area contributed by atoms with Crippen molar-refractivity contribution >= 4 is 11.9 Å². The first kappa shape index (κ1) is 15.1. The van der Waals surface area contributed by atoms with Crippen LogP contribution >= 0.6 is 0 Å². The van der Waals surface area contributed by atoms with Gasteiger partial charge in [-0.05, 0) is 36.8 Å². The summed E-state index contributed by atoms with van der Waals surface area (Å²) in [5.41, 5.74) is 1.60. The molecule has 0 unspecified atom stereocenters. The summed E-state index contributed by atoms with van der Waals surface area (Å²) in [6.45, 7) is 0.283. The van der Waals surface area contributed by atoms with Crippen LogP contribution in [0.1, 0.15) is 12.1 Å². The third-order valence-electron chi connectivity index (χ3n) is 3.87. The van der Waals surface area contributed by atoms with Crippen LogP contribution in [0.2, 0.25) is 0 Å². The molecule has 1 heterocycles. The number of aromatic nitrogens is 2. The summed E-state index contributed by atoms with van der Waals surface area (Å²) in [6, 6.07) is 9.27. The van der Waals surface area contributed by atoms with Crippen LogP contribution in [0.25, 0.3) is 5.69 Å². The maximum Gasteiger partial charge on any atom is 0.307 e. The number of methoxy groups -OCH3 is 1. The minimum absolute atomic E-state index is 0.226. The summed E-state index contributed by atoms with van der Waals surface area (Å²) < 4.78 is 6.82. The molecule has 2 atom stereocenters. The van der Waals surface area contributed by atoms with Crippen LogP contribution in [-0.4, -0.2) is 33.9 Å². The van der Waals surface area contributed by atoms with Gasteiger partial charge in [-0.25, -0.2) is 4.68 Å². The molecule has 2 N–H and O–H groups in total. The molecule has 0 spiro atoms. The third kappa shape index (κ3) is 3.33. The molecule has 0 radical (unpaired) electrons. The normalized spacial score (nSPS) is 19.2. The summed E-state index contributed by atoms with van der Waals surface area (Å²) in [5, 5.41) is 15.9. The fourth-order valence-electron chi connectivity index (χ4n) is 2.40. The van der Waals surface area contributed by atoms with E-state index in [1.807, 2.05) is 30.3 Å². The second-order valence-electron chi connectivity index (χ2n) is 5.45. The number of carbonyl (C=O) groups is 2. The number of hydrogen-bond acceptors (Lipinski definition) is 4. The van der Waals surface area contributed by atoms with Gasteiger partial charge in [0.2, 0.25) is 5.91 Å². The van der Waals surface area contributed by atoms with Gasteiger partial charge in [0.05, 0.1) is 36.9 Å². The molecule has 7 heteroatoms. The molecule has 1 fully saturated rings. The average molecular weight is 315 g/mol. The molecule has 1 aliphatic carbocycles. The molecule has 1 aromatic carbocycles. The van der Waals surface area contributed by atoms with Gasteiger partial charge in [0.15, 0.2) is 0 Å². The van der Waals surface area contributed by atoms with Crippen molar-refractivity contribution in [2.75, 3.05) is 7.11 Å². The highest BCUT2D eigenvalue weighted by Crippen LogP contribution is 2.38. The van der Waals surface area contributed by atoms with Crippen molar-refractivity contribution in [1.29, 1.82) is 0 Å². The van der Waals surface area contributed by atoms with Crippen molar-refractivity contribution in [2.45, 2.75) is 13.0 Å². The Bertz CT molecular complexity index is 723. The highest BCUT2D eigenvalue weighted by molar-refractivity contribution is 5.89. The number of nitrogens with zero attached hydrogens (tertiary/aromatic N) is 2. The first-order chi connectivity index (χ1) is 11.1. The summed E-state index contributed by atoms with van der Waals surface area (Å²) in [5.74, 6) is -1.31. The Balaban J connectivity index is 1.57. The molecule has 7 nitrogen and oxygen atoms in total. The molecule has 0 aliphatic heterocycles. The molecule has 3 rings (SSSR count). The highest BCUT2D eigenvalue weighted by atomic mass is 16.5. The molecule has 0 bridgehead atoms. The predicted octanol–water partition coefficient (Wildman–Crippen LogP) is 1.22. The average Bonchev–Trinajstić information content (AvgIpc) is 3.24. The first-order valence-electron chi connectivity index (χ1n) is 7.28. The number of ether oxygens (including phenoxy) is 1. The SMILES string of the molecule is COc1ccc(-n2ccc(CNC(=O)[C@@H]3C[C@H]3C(=O)O)n2)cc1. The van der Waals surface area contributed by atoms with Gasteiger partial charge in [-0.3, -0.25) is 9.59 Å². The quantitative estimate of drug-likeness (QED) is 0.836. The number of rotatable bonds is 6. The molecule has 1 amide bonds. The number of benzene rings is 1. The van der Waals surface area contributed by atoms with Crippen molar-refractivity contribution in [3.8, 4) is 11.4 Å². The second kappa shape index (κ2) is 6.12. The van der Waals surface area contributed by atoms with E-state index < -0.39 is 17.8 Å². The zero-order valence-electron chi connectivity index (χ0n) is 12.6. The lowest BCUT2D eigenvalue weighted by atomic mass is 10.3. The Labute approximate surface area is 132 Å². The standard InChI is InChI=1S/C16H17N3O4/c1-23-12-4-2-11(3-5-12)19-7-6-10(18-19)9-17-15(20)13-8-14(13)16(21)22/h2-7,13-14H,8-9H2,1H3,(H,17,20)(H,21,22)/t13-,14-/m1/s1. The van der Waals surface area contributed by atoms with Crippen LogP contribution in [-0.2, 0) is 16.1 Å². The zero-order valence-corrected chi connectivity index (χ0v) is 12.6. The van der Waals surface area contributed by atoms with Gasteiger partial charge in [-0.15, -0.1) is 0 Å². The molecule has 23 heavy (non-hydrogen) atoms. The minimum atomic E-state index is -0.908. The Morgan fingerprint density at radius 3 is 2.65 bits per heavy atom. The third-order valence-corrected chi connectivity index (χ3v) is 3.87. The number of carboxylic acid groups (broad SMARTS) is 1. The van der Waals surface area contributed by atoms with E-state index >= 15 is 0 Å². The van der Waals surface area contributed by atoms with Crippen molar-refractivity contribution < 1.29 is 19.4 Å². The first-order valence-corrected chi connectivity index (χ1v) is 7.28. The van der Waals surface area contributed by atoms with Crippen LogP contribution in [0.3, 0.4) is 0 Å². The van der Waals surface area contributed by atoms with Gasteiger partial charge in [-0.1, -0.05) is 0 Å². The molecular weight excluding hydrogens is 298 g/mol. The van der Waals surface area contributed by atoms with Crippen LogP contribution < -0.4 is 10.1 Å². The molecule has 1 aliphatic rings. The van der Waals surface area contributed by atoms with Crippen LogP contribution in [0.4, 0.5) is 0 Å². The molecular formula is C16H17N3O4. The summed E-state index contributed by atoms with van der Waals surface area (Å²) in [7, 11) is 1.61. The largest absolute Gasteiger partial charge is 0.497 e. The molecule has 120 valence electrons. The topological polar surface area (TPSA) is 93.5 Å². The molecule has 0 saturated heterocycles. The van der Waals surface area contributed by atoms with Crippen molar-refractivity contribution in [3.05, 3.63) is 42.2 Å². The van der Waals surface area contributed by atoms with Crippen molar-refractivity contribution in [1.82, 2.24) is 15.1 Å². The highest BCUT2D eigenvalue weighted by Gasteiger charge is 2.48. The van der Waals surface area contributed by atoms with E-state index in [-0.39, 0.29) is 12.5 Å². The van der Waals surface area contributed by atoms with E-state index in [9.17, 15) is 9.59 Å². The second-order valence-corrected chi connectivity index (χ2v) is 5.45. The number of amides is 1. The zero-order chi connectivity index (χ0) is 16.4. The number of carboxylic acids is 1. The smallest absolute Gasteiger partial charge is 0.307 e. The van der Waals surface area contributed by atoms with E-state index in [4.69, 9.17) is 9.84 Å². The predicted molar refractivity (Wildman–Crippen MR) is 81.2 cm³/mol. The molecule has 1 saturated carbocycles. The Kier molecular flexibility index (Phi) is 4.01.